The third-order valence-electron chi connectivity index (χ3n) is 8.26. The SMILES string of the molecule is COC(=O)[C@]1(Cc2cccc(-c3ccccc3)c2)C[C@H](O[Si](C(C)C)(C(C)C)C(C)C)CN1C(=O)OC(C)(C)C. The third kappa shape index (κ3) is 6.63. The van der Waals surface area contributed by atoms with Gasteiger partial charge in [-0.3, -0.25) is 4.90 Å². The van der Waals surface area contributed by atoms with Gasteiger partial charge in [0.1, 0.15) is 11.1 Å². The van der Waals surface area contributed by atoms with E-state index >= 15 is 0 Å². The summed E-state index contributed by atoms with van der Waals surface area (Å²) < 4.78 is 18.4. The van der Waals surface area contributed by atoms with E-state index < -0.39 is 31.5 Å². The van der Waals surface area contributed by atoms with Crippen LogP contribution in [-0.2, 0) is 25.1 Å². The number of nitrogens with zero attached hydrogens (tertiary/aromatic N) is 1. The summed E-state index contributed by atoms with van der Waals surface area (Å²) in [5, 5.41) is 0. The quantitative estimate of drug-likeness (QED) is 0.227. The van der Waals surface area contributed by atoms with Crippen molar-refractivity contribution in [2.75, 3.05) is 13.7 Å². The highest BCUT2D eigenvalue weighted by Crippen LogP contribution is 2.46. The molecule has 1 heterocycles. The monoisotopic (exact) mass is 567 g/mol. The molecule has 220 valence electrons. The number of ether oxygens (including phenoxy) is 2. The lowest BCUT2D eigenvalue weighted by Crippen LogP contribution is -2.56. The van der Waals surface area contributed by atoms with E-state index in [4.69, 9.17) is 13.9 Å². The van der Waals surface area contributed by atoms with Crippen molar-refractivity contribution in [3.8, 4) is 11.1 Å². The molecule has 0 aromatic heterocycles. The molecule has 2 atom stereocenters. The molecular weight excluding hydrogens is 518 g/mol. The van der Waals surface area contributed by atoms with Crippen LogP contribution in [0.1, 0.15) is 74.3 Å². The Morgan fingerprint density at radius 2 is 1.50 bits per heavy atom. The Kier molecular flexibility index (Phi) is 9.94. The molecule has 1 saturated heterocycles. The van der Waals surface area contributed by atoms with Crippen molar-refractivity contribution in [2.45, 2.75) is 109 Å². The molecule has 2 aromatic carbocycles. The Morgan fingerprint density at radius 3 is 2.02 bits per heavy atom. The molecular formula is C33H49NO5Si. The highest BCUT2D eigenvalue weighted by atomic mass is 28.4. The zero-order valence-corrected chi connectivity index (χ0v) is 27.1. The van der Waals surface area contributed by atoms with Crippen molar-refractivity contribution in [3.05, 3.63) is 60.2 Å². The van der Waals surface area contributed by atoms with Gasteiger partial charge in [0, 0.05) is 12.8 Å². The summed E-state index contributed by atoms with van der Waals surface area (Å²) in [5.41, 5.74) is 2.25. The minimum atomic E-state index is -2.29. The largest absolute Gasteiger partial charge is 0.467 e. The van der Waals surface area contributed by atoms with E-state index in [0.717, 1.165) is 16.7 Å². The Morgan fingerprint density at radius 1 is 0.925 bits per heavy atom. The summed E-state index contributed by atoms with van der Waals surface area (Å²) in [7, 11) is -0.897. The number of carbonyl (C=O) groups excluding carboxylic acids is 2. The molecule has 7 heteroatoms. The van der Waals surface area contributed by atoms with Gasteiger partial charge in [-0.2, -0.15) is 0 Å². The van der Waals surface area contributed by atoms with Gasteiger partial charge in [-0.25, -0.2) is 9.59 Å². The number of methoxy groups -OCH3 is 1. The molecule has 0 bridgehead atoms. The molecule has 1 amide bonds. The summed E-state index contributed by atoms with van der Waals surface area (Å²) >= 11 is 0. The van der Waals surface area contributed by atoms with Gasteiger partial charge in [0.2, 0.25) is 8.32 Å². The van der Waals surface area contributed by atoms with Crippen LogP contribution < -0.4 is 0 Å². The Hall–Kier alpha value is -2.64. The van der Waals surface area contributed by atoms with Crippen LogP contribution in [0.25, 0.3) is 11.1 Å². The summed E-state index contributed by atoms with van der Waals surface area (Å²) in [6.45, 7) is 19.3. The second kappa shape index (κ2) is 12.5. The molecule has 0 aliphatic carbocycles. The van der Waals surface area contributed by atoms with Crippen LogP contribution >= 0.6 is 0 Å². The molecule has 0 radical (unpaired) electrons. The van der Waals surface area contributed by atoms with Gasteiger partial charge in [-0.15, -0.1) is 0 Å². The molecule has 1 aliphatic rings. The lowest BCUT2D eigenvalue weighted by atomic mass is 9.86. The van der Waals surface area contributed by atoms with Gasteiger partial charge in [0.25, 0.3) is 0 Å². The van der Waals surface area contributed by atoms with Gasteiger partial charge in [-0.1, -0.05) is 96.1 Å². The fourth-order valence-electron chi connectivity index (χ4n) is 6.72. The number of likely N-dealkylation sites (tertiary alicyclic amines) is 1. The highest BCUT2D eigenvalue weighted by Gasteiger charge is 2.58. The zero-order valence-electron chi connectivity index (χ0n) is 26.1. The van der Waals surface area contributed by atoms with E-state index in [2.05, 4.69) is 65.8 Å². The minimum absolute atomic E-state index is 0.281. The standard InChI is InChI=1S/C33H49NO5Si/c1-23(2)40(24(3)4,25(5)6)39-29-21-33(30(35)37-10,34(22-29)31(36)38-32(7,8)9)20-26-15-14-18-28(19-26)27-16-12-11-13-17-27/h11-19,23-25,29H,20-22H2,1-10H3/t29-,33-/m0/s1. The van der Waals surface area contributed by atoms with E-state index in [-0.39, 0.29) is 12.6 Å². The van der Waals surface area contributed by atoms with E-state index in [1.165, 1.54) is 7.11 Å². The number of amides is 1. The van der Waals surface area contributed by atoms with Crippen LogP contribution in [0.3, 0.4) is 0 Å². The van der Waals surface area contributed by atoms with E-state index in [1.54, 1.807) is 4.90 Å². The zero-order chi connectivity index (χ0) is 29.9. The lowest BCUT2D eigenvalue weighted by Gasteiger charge is -2.44. The minimum Gasteiger partial charge on any atom is -0.467 e. The Bertz CT molecular complexity index is 1140. The smallest absolute Gasteiger partial charge is 0.411 e. The van der Waals surface area contributed by atoms with Gasteiger partial charge in [0.15, 0.2) is 0 Å². The van der Waals surface area contributed by atoms with Gasteiger partial charge in [-0.05, 0) is 54.1 Å². The fraction of sp³-hybridized carbons (Fsp3) is 0.576. The van der Waals surface area contributed by atoms with Crippen LogP contribution in [0.15, 0.2) is 54.6 Å². The Labute approximate surface area is 242 Å². The molecule has 2 aromatic rings. The maximum Gasteiger partial charge on any atom is 0.411 e. The molecule has 40 heavy (non-hydrogen) atoms. The molecule has 0 spiro atoms. The van der Waals surface area contributed by atoms with Crippen LogP contribution in [0.5, 0.6) is 0 Å². The highest BCUT2D eigenvalue weighted by molar-refractivity contribution is 6.77. The van der Waals surface area contributed by atoms with E-state index in [9.17, 15) is 9.59 Å². The molecule has 0 N–H and O–H groups in total. The van der Waals surface area contributed by atoms with Crippen molar-refractivity contribution in [1.29, 1.82) is 0 Å². The van der Waals surface area contributed by atoms with Gasteiger partial charge >= 0.3 is 12.1 Å². The number of carbonyl (C=O) groups is 2. The first kappa shape index (κ1) is 31.9. The summed E-state index contributed by atoms with van der Waals surface area (Å²) in [6, 6.07) is 18.3. The molecule has 6 nitrogen and oxygen atoms in total. The second-order valence-electron chi connectivity index (χ2n) is 13.1. The van der Waals surface area contributed by atoms with Crippen LogP contribution in [0.2, 0.25) is 16.6 Å². The predicted molar refractivity (Wildman–Crippen MR) is 164 cm³/mol. The molecule has 3 rings (SSSR count). The van der Waals surface area contributed by atoms with E-state index in [1.807, 2.05) is 51.1 Å². The topological polar surface area (TPSA) is 65.1 Å². The number of hydrogen-bond acceptors (Lipinski definition) is 5. The number of esters is 1. The first-order valence-electron chi connectivity index (χ1n) is 14.6. The summed E-state index contributed by atoms with van der Waals surface area (Å²) in [4.78, 5) is 29.1. The fourth-order valence-corrected chi connectivity index (χ4v) is 12.3. The predicted octanol–water partition coefficient (Wildman–Crippen LogP) is 8.01. The summed E-state index contributed by atoms with van der Waals surface area (Å²) in [5.74, 6) is -0.444. The molecule has 0 saturated carbocycles. The van der Waals surface area contributed by atoms with Gasteiger partial charge in [0.05, 0.1) is 19.8 Å². The van der Waals surface area contributed by atoms with Crippen LogP contribution in [0.4, 0.5) is 4.79 Å². The average Bonchev–Trinajstić information content (AvgIpc) is 3.24. The normalized spacial score (nSPS) is 19.9. The molecule has 1 fully saturated rings. The number of benzene rings is 2. The van der Waals surface area contributed by atoms with Crippen LogP contribution in [-0.4, -0.2) is 56.2 Å². The van der Waals surface area contributed by atoms with Crippen molar-refractivity contribution in [2.24, 2.45) is 0 Å². The van der Waals surface area contributed by atoms with Crippen LogP contribution in [0, 0.1) is 0 Å². The lowest BCUT2D eigenvalue weighted by molar-refractivity contribution is -0.153. The second-order valence-corrected chi connectivity index (χ2v) is 18.5. The van der Waals surface area contributed by atoms with Crippen molar-refractivity contribution < 1.29 is 23.5 Å². The Balaban J connectivity index is 2.09. The van der Waals surface area contributed by atoms with Crippen molar-refractivity contribution in [1.82, 2.24) is 4.90 Å². The van der Waals surface area contributed by atoms with Crippen molar-refractivity contribution >= 4 is 20.4 Å². The van der Waals surface area contributed by atoms with Gasteiger partial charge < -0.3 is 13.9 Å². The van der Waals surface area contributed by atoms with Crippen molar-refractivity contribution in [3.63, 3.8) is 0 Å². The maximum absolute atomic E-state index is 13.8. The maximum atomic E-state index is 13.8. The van der Waals surface area contributed by atoms with E-state index in [0.29, 0.717) is 29.5 Å². The first-order chi connectivity index (χ1) is 18.7. The average molecular weight is 568 g/mol. The third-order valence-corrected chi connectivity index (χ3v) is 14.4. The number of rotatable bonds is 9. The summed E-state index contributed by atoms with van der Waals surface area (Å²) in [6.07, 6.45) is -0.161. The molecule has 0 unspecified atom stereocenters. The molecule has 1 aliphatic heterocycles. The number of hydrogen-bond donors (Lipinski definition) is 0. The first-order valence-corrected chi connectivity index (χ1v) is 16.7.